The summed E-state index contributed by atoms with van der Waals surface area (Å²) in [7, 11) is 4.04. The largest absolute Gasteiger partial charge is 0.338 e. The van der Waals surface area contributed by atoms with Crippen LogP contribution in [0, 0.1) is 13.8 Å². The molecule has 1 unspecified atom stereocenters. The van der Waals surface area contributed by atoms with Crippen LogP contribution >= 0.6 is 0 Å². The van der Waals surface area contributed by atoms with Crippen LogP contribution in [0.3, 0.4) is 0 Å². The van der Waals surface area contributed by atoms with Gasteiger partial charge in [-0.05, 0) is 27.3 Å². The highest BCUT2D eigenvalue weighted by atomic mass is 15.3. The summed E-state index contributed by atoms with van der Waals surface area (Å²) in [5, 5.41) is 8.07. The molecule has 0 aliphatic carbocycles. The third-order valence-corrected chi connectivity index (χ3v) is 4.01. The van der Waals surface area contributed by atoms with Crippen molar-refractivity contribution in [2.45, 2.75) is 46.2 Å². The maximum absolute atomic E-state index is 4.70. The summed E-state index contributed by atoms with van der Waals surface area (Å²) in [6, 6.07) is 0.386. The van der Waals surface area contributed by atoms with Gasteiger partial charge in [0, 0.05) is 49.7 Å². The van der Waals surface area contributed by atoms with Crippen LogP contribution in [0.4, 0.5) is 0 Å². The van der Waals surface area contributed by atoms with E-state index in [1.807, 2.05) is 26.5 Å². The smallest absolute Gasteiger partial charge is 0.110 e. The molecule has 0 radical (unpaired) electrons. The van der Waals surface area contributed by atoms with Crippen molar-refractivity contribution in [3.05, 3.63) is 35.2 Å². The zero-order chi connectivity index (χ0) is 14.7. The van der Waals surface area contributed by atoms with Gasteiger partial charge in [-0.3, -0.25) is 4.68 Å². The average molecular weight is 275 g/mol. The third-order valence-electron chi connectivity index (χ3n) is 4.01. The Morgan fingerprint density at radius 2 is 2.10 bits per heavy atom. The molecule has 5 nitrogen and oxygen atoms in total. The van der Waals surface area contributed by atoms with Gasteiger partial charge in [0.25, 0.3) is 0 Å². The molecule has 110 valence electrons. The Balaban J connectivity index is 2.17. The van der Waals surface area contributed by atoms with E-state index < -0.39 is 0 Å². The van der Waals surface area contributed by atoms with Gasteiger partial charge in [-0.1, -0.05) is 6.92 Å². The molecule has 2 heterocycles. The highest BCUT2D eigenvalue weighted by Gasteiger charge is 2.18. The highest BCUT2D eigenvalue weighted by Crippen LogP contribution is 2.23. The van der Waals surface area contributed by atoms with Gasteiger partial charge in [-0.15, -0.1) is 0 Å². The number of hydrogen-bond donors (Lipinski definition) is 1. The molecule has 0 amide bonds. The van der Waals surface area contributed by atoms with Gasteiger partial charge in [-0.25, -0.2) is 4.98 Å². The maximum Gasteiger partial charge on any atom is 0.110 e. The molecule has 5 heteroatoms. The summed E-state index contributed by atoms with van der Waals surface area (Å²) in [5.41, 5.74) is 3.73. The molecule has 2 aromatic heterocycles. The van der Waals surface area contributed by atoms with Crippen LogP contribution in [0.2, 0.25) is 0 Å². The van der Waals surface area contributed by atoms with Gasteiger partial charge in [-0.2, -0.15) is 5.10 Å². The van der Waals surface area contributed by atoms with Crippen molar-refractivity contribution in [2.75, 3.05) is 7.05 Å². The molecule has 0 aromatic carbocycles. The van der Waals surface area contributed by atoms with Crippen molar-refractivity contribution >= 4 is 0 Å². The van der Waals surface area contributed by atoms with Crippen molar-refractivity contribution in [2.24, 2.45) is 7.05 Å². The normalized spacial score (nSPS) is 12.8. The second-order valence-corrected chi connectivity index (χ2v) is 5.26. The van der Waals surface area contributed by atoms with E-state index >= 15 is 0 Å². The van der Waals surface area contributed by atoms with Crippen molar-refractivity contribution in [1.29, 1.82) is 0 Å². The van der Waals surface area contributed by atoms with Crippen LogP contribution in [0.25, 0.3) is 0 Å². The predicted molar refractivity (Wildman–Crippen MR) is 80.7 cm³/mol. The minimum atomic E-state index is 0.386. The topological polar surface area (TPSA) is 47.7 Å². The molecule has 2 rings (SSSR count). The van der Waals surface area contributed by atoms with Crippen LogP contribution in [-0.2, 0) is 20.0 Å². The monoisotopic (exact) mass is 275 g/mol. The van der Waals surface area contributed by atoms with Gasteiger partial charge >= 0.3 is 0 Å². The Hall–Kier alpha value is -1.62. The Labute approximate surface area is 121 Å². The number of imidazole rings is 1. The van der Waals surface area contributed by atoms with Gasteiger partial charge in [0.1, 0.15) is 5.82 Å². The van der Waals surface area contributed by atoms with Crippen molar-refractivity contribution in [1.82, 2.24) is 24.6 Å². The first-order valence-electron chi connectivity index (χ1n) is 7.25. The number of aryl methyl sites for hydroxylation is 4. The molecule has 0 fully saturated rings. The summed E-state index contributed by atoms with van der Waals surface area (Å²) < 4.78 is 4.17. The second-order valence-electron chi connectivity index (χ2n) is 5.26. The summed E-state index contributed by atoms with van der Waals surface area (Å²) in [6.07, 6.45) is 5.80. The van der Waals surface area contributed by atoms with Gasteiger partial charge in [0.15, 0.2) is 0 Å². The summed E-state index contributed by atoms with van der Waals surface area (Å²) in [6.45, 7) is 7.33. The van der Waals surface area contributed by atoms with Crippen LogP contribution in [0.1, 0.15) is 42.2 Å². The highest BCUT2D eigenvalue weighted by molar-refractivity contribution is 5.28. The minimum absolute atomic E-state index is 0.386. The molecular formula is C15H25N5. The van der Waals surface area contributed by atoms with Crippen molar-refractivity contribution < 1.29 is 0 Å². The van der Waals surface area contributed by atoms with Crippen LogP contribution in [-0.4, -0.2) is 26.4 Å². The first-order chi connectivity index (χ1) is 9.58. The molecule has 0 aliphatic rings. The lowest BCUT2D eigenvalue weighted by Crippen LogP contribution is -2.17. The minimum Gasteiger partial charge on any atom is -0.338 e. The second kappa shape index (κ2) is 6.22. The van der Waals surface area contributed by atoms with E-state index in [4.69, 9.17) is 5.10 Å². The number of hydrogen-bond acceptors (Lipinski definition) is 3. The SMILES string of the molecule is CCC(NC)c1c(C)nn(CCc2nccn2C)c1C. The summed E-state index contributed by atoms with van der Waals surface area (Å²) in [5.74, 6) is 1.10. The van der Waals surface area contributed by atoms with Crippen LogP contribution < -0.4 is 5.32 Å². The lowest BCUT2D eigenvalue weighted by atomic mass is 10.0. The first-order valence-corrected chi connectivity index (χ1v) is 7.25. The number of nitrogens with zero attached hydrogens (tertiary/aromatic N) is 4. The zero-order valence-electron chi connectivity index (χ0n) is 13.1. The summed E-state index contributed by atoms with van der Waals surface area (Å²) >= 11 is 0. The van der Waals surface area contributed by atoms with Gasteiger partial charge < -0.3 is 9.88 Å². The Morgan fingerprint density at radius 1 is 1.35 bits per heavy atom. The standard InChI is InChI=1S/C15H25N5/c1-6-13(16-4)15-11(2)18-20(12(15)3)9-7-14-17-8-10-19(14)5/h8,10,13,16H,6-7,9H2,1-5H3. The van der Waals surface area contributed by atoms with E-state index in [0.717, 1.165) is 30.9 Å². The molecule has 0 spiro atoms. The van der Waals surface area contributed by atoms with Crippen LogP contribution in [0.15, 0.2) is 12.4 Å². The molecule has 2 aromatic rings. The molecule has 20 heavy (non-hydrogen) atoms. The molecular weight excluding hydrogens is 250 g/mol. The Morgan fingerprint density at radius 3 is 2.65 bits per heavy atom. The fraction of sp³-hybridized carbons (Fsp3) is 0.600. The van der Waals surface area contributed by atoms with Crippen LogP contribution in [0.5, 0.6) is 0 Å². The first kappa shape index (κ1) is 14.8. The molecule has 0 aliphatic heterocycles. The van der Waals surface area contributed by atoms with E-state index in [-0.39, 0.29) is 0 Å². The molecule has 1 atom stereocenters. The third kappa shape index (κ3) is 2.77. The number of nitrogens with one attached hydrogen (secondary N) is 1. The quantitative estimate of drug-likeness (QED) is 0.878. The van der Waals surface area contributed by atoms with Crippen molar-refractivity contribution in [3.63, 3.8) is 0 Å². The Kier molecular flexibility index (Phi) is 4.60. The van der Waals surface area contributed by atoms with Gasteiger partial charge in [0.2, 0.25) is 0 Å². The van der Waals surface area contributed by atoms with Gasteiger partial charge in [0.05, 0.1) is 5.69 Å². The van der Waals surface area contributed by atoms with E-state index in [9.17, 15) is 0 Å². The lowest BCUT2D eigenvalue weighted by molar-refractivity contribution is 0.556. The number of aromatic nitrogens is 4. The van der Waals surface area contributed by atoms with E-state index in [1.165, 1.54) is 11.3 Å². The predicted octanol–water partition coefficient (Wildman–Crippen LogP) is 2.15. The maximum atomic E-state index is 4.70. The Bertz CT molecular complexity index is 563. The zero-order valence-corrected chi connectivity index (χ0v) is 13.1. The van der Waals surface area contributed by atoms with E-state index in [0.29, 0.717) is 6.04 Å². The fourth-order valence-corrected chi connectivity index (χ4v) is 2.83. The molecule has 1 N–H and O–H groups in total. The fourth-order valence-electron chi connectivity index (χ4n) is 2.83. The summed E-state index contributed by atoms with van der Waals surface area (Å²) in [4.78, 5) is 4.37. The molecule has 0 bridgehead atoms. The van der Waals surface area contributed by atoms with Crippen molar-refractivity contribution in [3.8, 4) is 0 Å². The number of rotatable bonds is 6. The van der Waals surface area contributed by atoms with E-state index in [1.54, 1.807) is 0 Å². The van der Waals surface area contributed by atoms with E-state index in [2.05, 4.69) is 40.3 Å². The molecule has 0 saturated heterocycles. The lowest BCUT2D eigenvalue weighted by Gasteiger charge is -2.14. The molecule has 0 saturated carbocycles. The average Bonchev–Trinajstić information content (AvgIpc) is 2.95.